The second kappa shape index (κ2) is 10.3. The number of fused-ring (bicyclic) bond motifs is 1. The van der Waals surface area contributed by atoms with Crippen LogP contribution in [0.2, 0.25) is 0 Å². The highest BCUT2D eigenvalue weighted by molar-refractivity contribution is 5.75. The number of aryl methyl sites for hydroxylation is 1. The molecular weight excluding hydrogens is 346 g/mol. The van der Waals surface area contributed by atoms with Crippen molar-refractivity contribution < 1.29 is 4.74 Å². The number of ether oxygens (including phenoxy) is 1. The highest BCUT2D eigenvalue weighted by Crippen LogP contribution is 2.15. The molecule has 0 aliphatic heterocycles. The molecule has 0 aliphatic carbocycles. The number of nitrogens with zero attached hydrogens (tertiary/aromatic N) is 2. The van der Waals surface area contributed by atoms with E-state index in [2.05, 4.69) is 54.8 Å². The number of aromatic nitrogens is 2. The third-order valence-corrected chi connectivity index (χ3v) is 5.30. The van der Waals surface area contributed by atoms with Gasteiger partial charge in [0.05, 0.1) is 17.6 Å². The van der Waals surface area contributed by atoms with Gasteiger partial charge in [-0.05, 0) is 31.0 Å². The van der Waals surface area contributed by atoms with E-state index in [9.17, 15) is 0 Å². The normalized spacial score (nSPS) is 11.4. The third-order valence-electron chi connectivity index (χ3n) is 5.30. The topological polar surface area (TPSA) is 42.9 Å². The SMILES string of the molecule is CCCCCCCCOCn1c(=N)n(Cc2ccc(C)cc2)c2ccccc21. The van der Waals surface area contributed by atoms with Gasteiger partial charge in [-0.2, -0.15) is 0 Å². The Kier molecular flexibility index (Phi) is 7.49. The van der Waals surface area contributed by atoms with Crippen molar-refractivity contribution in [1.82, 2.24) is 9.13 Å². The number of nitrogens with one attached hydrogen (secondary N) is 1. The van der Waals surface area contributed by atoms with Gasteiger partial charge in [0, 0.05) is 6.61 Å². The second-order valence-corrected chi connectivity index (χ2v) is 7.62. The molecule has 3 rings (SSSR count). The van der Waals surface area contributed by atoms with Crippen LogP contribution in [0.25, 0.3) is 11.0 Å². The van der Waals surface area contributed by atoms with Crippen LogP contribution >= 0.6 is 0 Å². The lowest BCUT2D eigenvalue weighted by atomic mass is 10.1. The van der Waals surface area contributed by atoms with Gasteiger partial charge >= 0.3 is 0 Å². The Labute approximate surface area is 168 Å². The van der Waals surface area contributed by atoms with Gasteiger partial charge in [0.15, 0.2) is 0 Å². The van der Waals surface area contributed by atoms with Gasteiger partial charge < -0.3 is 9.30 Å². The molecule has 4 heteroatoms. The summed E-state index contributed by atoms with van der Waals surface area (Å²) in [7, 11) is 0. The molecule has 150 valence electrons. The predicted octanol–water partition coefficient (Wildman–Crippen LogP) is 5.61. The van der Waals surface area contributed by atoms with E-state index in [1.807, 2.05) is 16.7 Å². The summed E-state index contributed by atoms with van der Waals surface area (Å²) in [5.41, 5.74) is 5.09. The molecule has 0 saturated heterocycles. The fourth-order valence-corrected chi connectivity index (χ4v) is 3.60. The average molecular weight is 380 g/mol. The maximum atomic E-state index is 8.70. The minimum absolute atomic E-state index is 0.440. The number of hydrogen-bond acceptors (Lipinski definition) is 2. The van der Waals surface area contributed by atoms with Crippen LogP contribution in [-0.2, 0) is 18.0 Å². The van der Waals surface area contributed by atoms with Gasteiger partial charge in [0.1, 0.15) is 6.73 Å². The lowest BCUT2D eigenvalue weighted by molar-refractivity contribution is 0.0730. The highest BCUT2D eigenvalue weighted by atomic mass is 16.5. The van der Waals surface area contributed by atoms with Crippen molar-refractivity contribution in [2.45, 2.75) is 65.6 Å². The van der Waals surface area contributed by atoms with Crippen molar-refractivity contribution in [1.29, 1.82) is 5.41 Å². The molecule has 0 amide bonds. The van der Waals surface area contributed by atoms with Gasteiger partial charge in [-0.15, -0.1) is 0 Å². The Morgan fingerprint density at radius 2 is 1.46 bits per heavy atom. The van der Waals surface area contributed by atoms with Gasteiger partial charge in [-0.1, -0.05) is 81.0 Å². The first-order valence-electron chi connectivity index (χ1n) is 10.6. The maximum Gasteiger partial charge on any atom is 0.205 e. The summed E-state index contributed by atoms with van der Waals surface area (Å²) in [5.74, 6) is 0. The molecule has 0 unspecified atom stereocenters. The molecule has 1 N–H and O–H groups in total. The van der Waals surface area contributed by atoms with Crippen LogP contribution in [0.5, 0.6) is 0 Å². The smallest absolute Gasteiger partial charge is 0.205 e. The number of unbranched alkanes of at least 4 members (excludes halogenated alkanes) is 5. The monoisotopic (exact) mass is 379 g/mol. The lowest BCUT2D eigenvalue weighted by Gasteiger charge is -2.07. The number of hydrogen-bond donors (Lipinski definition) is 1. The molecule has 1 aromatic heterocycles. The summed E-state index contributed by atoms with van der Waals surface area (Å²) in [6, 6.07) is 16.8. The van der Waals surface area contributed by atoms with E-state index < -0.39 is 0 Å². The largest absolute Gasteiger partial charge is 0.361 e. The predicted molar refractivity (Wildman–Crippen MR) is 115 cm³/mol. The maximum absolute atomic E-state index is 8.70. The van der Waals surface area contributed by atoms with Crippen molar-refractivity contribution in [3.05, 3.63) is 65.3 Å². The van der Waals surface area contributed by atoms with E-state index in [0.717, 1.165) is 24.1 Å². The van der Waals surface area contributed by atoms with Crippen molar-refractivity contribution >= 4 is 11.0 Å². The summed E-state index contributed by atoms with van der Waals surface area (Å²) < 4.78 is 9.96. The molecule has 0 saturated carbocycles. The van der Waals surface area contributed by atoms with E-state index in [4.69, 9.17) is 10.1 Å². The molecule has 0 bridgehead atoms. The van der Waals surface area contributed by atoms with E-state index in [-0.39, 0.29) is 0 Å². The Hall–Kier alpha value is -2.33. The molecule has 0 radical (unpaired) electrons. The summed E-state index contributed by atoms with van der Waals surface area (Å²) in [6.45, 7) is 6.24. The first-order chi connectivity index (χ1) is 13.7. The van der Waals surface area contributed by atoms with Crippen molar-refractivity contribution in [3.8, 4) is 0 Å². The summed E-state index contributed by atoms with van der Waals surface area (Å²) in [6.07, 6.45) is 7.57. The van der Waals surface area contributed by atoms with Crippen molar-refractivity contribution in [2.75, 3.05) is 6.61 Å². The minimum Gasteiger partial charge on any atom is -0.361 e. The van der Waals surface area contributed by atoms with Crippen LogP contribution in [0.3, 0.4) is 0 Å². The molecule has 4 nitrogen and oxygen atoms in total. The first-order valence-corrected chi connectivity index (χ1v) is 10.6. The Balaban J connectivity index is 1.66. The van der Waals surface area contributed by atoms with E-state index in [1.165, 1.54) is 43.2 Å². The van der Waals surface area contributed by atoms with Crippen LogP contribution in [-0.4, -0.2) is 15.7 Å². The summed E-state index contributed by atoms with van der Waals surface area (Å²) >= 11 is 0. The molecule has 2 aromatic carbocycles. The minimum atomic E-state index is 0.440. The standard InChI is InChI=1S/C24H33N3O/c1-3-4-5-6-7-10-17-28-19-27-23-12-9-8-11-22(23)26(24(27)25)18-21-15-13-20(2)14-16-21/h8-9,11-16,25H,3-7,10,17-19H2,1-2H3. The second-order valence-electron chi connectivity index (χ2n) is 7.62. The number of para-hydroxylation sites is 2. The van der Waals surface area contributed by atoms with Gasteiger partial charge in [-0.25, -0.2) is 0 Å². The zero-order valence-corrected chi connectivity index (χ0v) is 17.3. The Morgan fingerprint density at radius 3 is 2.18 bits per heavy atom. The zero-order chi connectivity index (χ0) is 19.8. The summed E-state index contributed by atoms with van der Waals surface area (Å²) in [4.78, 5) is 0. The average Bonchev–Trinajstić information content (AvgIpc) is 2.97. The van der Waals surface area contributed by atoms with Crippen molar-refractivity contribution in [3.63, 3.8) is 0 Å². The lowest BCUT2D eigenvalue weighted by Crippen LogP contribution is -2.26. The van der Waals surface area contributed by atoms with Gasteiger partial charge in [0.2, 0.25) is 5.62 Å². The molecule has 3 aromatic rings. The quantitative estimate of drug-likeness (QED) is 0.432. The Bertz CT molecular complexity index is 921. The number of rotatable bonds is 11. The van der Waals surface area contributed by atoms with Crippen LogP contribution < -0.4 is 5.62 Å². The van der Waals surface area contributed by atoms with Gasteiger partial charge in [-0.3, -0.25) is 9.98 Å². The molecule has 0 fully saturated rings. The van der Waals surface area contributed by atoms with Crippen LogP contribution in [0, 0.1) is 12.3 Å². The molecule has 0 aliphatic rings. The fraction of sp³-hybridized carbons (Fsp3) is 0.458. The van der Waals surface area contributed by atoms with Crippen LogP contribution in [0.15, 0.2) is 48.5 Å². The molecule has 0 atom stereocenters. The van der Waals surface area contributed by atoms with Crippen molar-refractivity contribution in [2.24, 2.45) is 0 Å². The van der Waals surface area contributed by atoms with E-state index in [0.29, 0.717) is 18.9 Å². The fourth-order valence-electron chi connectivity index (χ4n) is 3.60. The van der Waals surface area contributed by atoms with E-state index in [1.54, 1.807) is 0 Å². The van der Waals surface area contributed by atoms with Crippen LogP contribution in [0.1, 0.15) is 56.6 Å². The molecular formula is C24H33N3O. The molecule has 28 heavy (non-hydrogen) atoms. The van der Waals surface area contributed by atoms with Gasteiger partial charge in [0.25, 0.3) is 0 Å². The Morgan fingerprint density at radius 1 is 0.821 bits per heavy atom. The third kappa shape index (κ3) is 5.14. The number of benzene rings is 2. The molecule has 0 spiro atoms. The molecule has 1 heterocycles. The van der Waals surface area contributed by atoms with Crippen LogP contribution in [0.4, 0.5) is 0 Å². The summed E-state index contributed by atoms with van der Waals surface area (Å²) in [5, 5.41) is 8.70. The zero-order valence-electron chi connectivity index (χ0n) is 17.3. The number of imidazole rings is 1. The van der Waals surface area contributed by atoms with E-state index >= 15 is 0 Å². The first kappa shape index (κ1) is 20.4. The highest BCUT2D eigenvalue weighted by Gasteiger charge is 2.11.